The van der Waals surface area contributed by atoms with E-state index in [-0.39, 0.29) is 11.4 Å². The predicted molar refractivity (Wildman–Crippen MR) is 124 cm³/mol. The lowest BCUT2D eigenvalue weighted by molar-refractivity contribution is 0.0649. The number of rotatable bonds is 5. The molecule has 0 aliphatic carbocycles. The van der Waals surface area contributed by atoms with E-state index in [9.17, 15) is 4.79 Å². The van der Waals surface area contributed by atoms with Crippen molar-refractivity contribution in [2.24, 2.45) is 5.92 Å². The molecule has 0 spiro atoms. The van der Waals surface area contributed by atoms with Crippen LogP contribution in [0.25, 0.3) is 22.2 Å². The number of amides is 1. The number of carbonyl (C=O) groups excluding carboxylic acids is 1. The maximum Gasteiger partial charge on any atom is 0.254 e. The highest BCUT2D eigenvalue weighted by Crippen LogP contribution is 2.36. The monoisotopic (exact) mass is 429 g/mol. The first-order chi connectivity index (χ1) is 15.4. The number of carbonyl (C=O) groups is 1. The van der Waals surface area contributed by atoms with Crippen LogP contribution < -0.4 is 4.74 Å². The van der Waals surface area contributed by atoms with Crippen molar-refractivity contribution in [3.63, 3.8) is 0 Å². The molecule has 4 aromatic rings. The molecule has 32 heavy (non-hydrogen) atoms. The Labute approximate surface area is 187 Å². The molecule has 7 nitrogen and oxygen atoms in total. The Kier molecular flexibility index (Phi) is 4.96. The van der Waals surface area contributed by atoms with Gasteiger partial charge in [-0.05, 0) is 56.5 Å². The Morgan fingerprint density at radius 1 is 1.25 bits per heavy atom. The van der Waals surface area contributed by atoms with Crippen molar-refractivity contribution in [3.8, 4) is 17.0 Å². The van der Waals surface area contributed by atoms with Crippen molar-refractivity contribution < 1.29 is 9.53 Å². The number of nitrogens with zero attached hydrogens (tertiary/aromatic N) is 4. The van der Waals surface area contributed by atoms with Crippen molar-refractivity contribution >= 4 is 16.8 Å². The highest BCUT2D eigenvalue weighted by molar-refractivity contribution is 5.95. The zero-order chi connectivity index (χ0) is 22.3. The first-order valence-corrected chi connectivity index (χ1v) is 10.8. The second-order valence-corrected chi connectivity index (χ2v) is 9.11. The third kappa shape index (κ3) is 3.64. The Morgan fingerprint density at radius 3 is 2.91 bits per heavy atom. The summed E-state index contributed by atoms with van der Waals surface area (Å²) in [4.78, 5) is 19.9. The van der Waals surface area contributed by atoms with Crippen LogP contribution in [0.4, 0.5) is 0 Å². The van der Waals surface area contributed by atoms with Gasteiger partial charge in [-0.2, -0.15) is 5.10 Å². The first-order valence-electron chi connectivity index (χ1n) is 10.8. The molecule has 0 bridgehead atoms. The second kappa shape index (κ2) is 7.82. The summed E-state index contributed by atoms with van der Waals surface area (Å²) in [6.07, 6.45) is 8.62. The Hall–Kier alpha value is -3.61. The minimum Gasteiger partial charge on any atom is -0.497 e. The third-order valence-electron chi connectivity index (χ3n) is 6.43. The van der Waals surface area contributed by atoms with Crippen molar-refractivity contribution in [3.05, 3.63) is 66.7 Å². The predicted octanol–water partition coefficient (Wildman–Crippen LogP) is 4.38. The summed E-state index contributed by atoms with van der Waals surface area (Å²) >= 11 is 0. The van der Waals surface area contributed by atoms with Crippen molar-refractivity contribution in [2.45, 2.75) is 32.4 Å². The van der Waals surface area contributed by atoms with Gasteiger partial charge in [0.2, 0.25) is 0 Å². The molecule has 0 saturated carbocycles. The molecule has 1 aromatic carbocycles. The van der Waals surface area contributed by atoms with E-state index in [0.29, 0.717) is 17.2 Å². The largest absolute Gasteiger partial charge is 0.497 e. The average Bonchev–Trinajstić information content (AvgIpc) is 3.52. The lowest BCUT2D eigenvalue weighted by Crippen LogP contribution is -2.42. The van der Waals surface area contributed by atoms with Crippen LogP contribution in [-0.2, 0) is 6.54 Å². The van der Waals surface area contributed by atoms with Crippen LogP contribution in [0.5, 0.6) is 5.75 Å². The minimum atomic E-state index is -0.208. The number of nitrogens with one attached hydrogen (secondary N) is 1. The number of pyridine rings is 1. The number of aromatic nitrogens is 4. The highest BCUT2D eigenvalue weighted by atomic mass is 16.5. The molecule has 0 radical (unpaired) electrons. The molecular formula is C25H27N5O2. The molecule has 5 rings (SSSR count). The molecule has 164 valence electrons. The van der Waals surface area contributed by atoms with Gasteiger partial charge in [0.05, 0.1) is 30.7 Å². The molecule has 1 N–H and O–H groups in total. The zero-order valence-corrected chi connectivity index (χ0v) is 18.6. The molecular weight excluding hydrogens is 402 g/mol. The van der Waals surface area contributed by atoms with E-state index in [1.54, 1.807) is 13.3 Å². The fraction of sp³-hybridized carbons (Fsp3) is 0.320. The fourth-order valence-corrected chi connectivity index (χ4v) is 4.85. The molecule has 7 heteroatoms. The normalized spacial score (nSPS) is 17.7. The number of fused-ring (bicyclic) bond motifs is 1. The van der Waals surface area contributed by atoms with E-state index < -0.39 is 0 Å². The van der Waals surface area contributed by atoms with Gasteiger partial charge in [0, 0.05) is 47.5 Å². The maximum atomic E-state index is 13.3. The number of aromatic amines is 1. The number of H-pyrrole nitrogens is 1. The summed E-state index contributed by atoms with van der Waals surface area (Å²) in [7, 11) is 1.62. The van der Waals surface area contributed by atoms with Crippen LogP contribution in [0, 0.1) is 5.92 Å². The van der Waals surface area contributed by atoms with Crippen LogP contribution in [0.1, 0.15) is 30.6 Å². The highest BCUT2D eigenvalue weighted by Gasteiger charge is 2.41. The van der Waals surface area contributed by atoms with E-state index in [1.807, 2.05) is 41.6 Å². The summed E-state index contributed by atoms with van der Waals surface area (Å²) in [6, 6.07) is 11.6. The molecule has 4 heterocycles. The molecule has 1 amide bonds. The van der Waals surface area contributed by atoms with Crippen molar-refractivity contribution in [1.82, 2.24) is 24.6 Å². The molecule has 1 fully saturated rings. The summed E-state index contributed by atoms with van der Waals surface area (Å²) in [5, 5.41) is 7.99. The van der Waals surface area contributed by atoms with Crippen molar-refractivity contribution in [2.75, 3.05) is 13.7 Å². The number of methoxy groups -OCH3 is 1. The quantitative estimate of drug-likeness (QED) is 0.511. The van der Waals surface area contributed by atoms with Crippen LogP contribution in [-0.4, -0.2) is 49.7 Å². The van der Waals surface area contributed by atoms with Crippen LogP contribution in [0.15, 0.2) is 61.2 Å². The molecule has 1 aliphatic rings. The van der Waals surface area contributed by atoms with E-state index >= 15 is 0 Å². The Balaban J connectivity index is 1.35. The Bertz CT molecular complexity index is 1260. The van der Waals surface area contributed by atoms with Gasteiger partial charge in [-0.25, -0.2) is 0 Å². The molecule has 3 aromatic heterocycles. The number of hydrogen-bond donors (Lipinski definition) is 1. The Morgan fingerprint density at radius 2 is 2.12 bits per heavy atom. The third-order valence-corrected chi connectivity index (χ3v) is 6.43. The van der Waals surface area contributed by atoms with Gasteiger partial charge in [-0.3, -0.25) is 14.9 Å². The standard InChI is InChI=1S/C25H27N5O2/c1-25(2)11-17(16-30(25)24(31)19-5-4-6-21(9-19)32-3)15-29-8-7-18-10-22(26-14-23(18)29)20-12-27-28-13-20/h4-10,12-14,17H,11,15-16H2,1-3H3,(H,27,28). The van der Waals surface area contributed by atoms with E-state index in [1.165, 1.54) is 0 Å². The molecule has 1 atom stereocenters. The average molecular weight is 430 g/mol. The summed E-state index contributed by atoms with van der Waals surface area (Å²) in [5.74, 6) is 1.12. The maximum absolute atomic E-state index is 13.3. The molecule has 1 saturated heterocycles. The van der Waals surface area contributed by atoms with Crippen LogP contribution >= 0.6 is 0 Å². The van der Waals surface area contributed by atoms with Gasteiger partial charge in [0.1, 0.15) is 5.75 Å². The van der Waals surface area contributed by atoms with Gasteiger partial charge >= 0.3 is 0 Å². The number of likely N-dealkylation sites (tertiary alicyclic amines) is 1. The van der Waals surface area contributed by atoms with E-state index in [2.05, 4.69) is 51.9 Å². The van der Waals surface area contributed by atoms with Crippen LogP contribution in [0.2, 0.25) is 0 Å². The fourth-order valence-electron chi connectivity index (χ4n) is 4.85. The van der Waals surface area contributed by atoms with Crippen LogP contribution in [0.3, 0.4) is 0 Å². The molecule has 1 unspecified atom stereocenters. The lowest BCUT2D eigenvalue weighted by atomic mass is 9.96. The number of ether oxygens (including phenoxy) is 1. The first kappa shape index (κ1) is 20.3. The summed E-state index contributed by atoms with van der Waals surface area (Å²) < 4.78 is 7.55. The van der Waals surface area contributed by atoms with E-state index in [4.69, 9.17) is 4.74 Å². The van der Waals surface area contributed by atoms with Gasteiger partial charge in [0.15, 0.2) is 0 Å². The second-order valence-electron chi connectivity index (χ2n) is 9.11. The van der Waals surface area contributed by atoms with Gasteiger partial charge in [0.25, 0.3) is 5.91 Å². The molecule has 1 aliphatic heterocycles. The number of benzene rings is 1. The summed E-state index contributed by atoms with van der Waals surface area (Å²) in [5.41, 5.74) is 3.44. The topological polar surface area (TPSA) is 76.0 Å². The number of hydrogen-bond acceptors (Lipinski definition) is 4. The van der Waals surface area contributed by atoms with Gasteiger partial charge < -0.3 is 14.2 Å². The van der Waals surface area contributed by atoms with Gasteiger partial charge in [-0.1, -0.05) is 6.07 Å². The SMILES string of the molecule is COc1cccc(C(=O)N2CC(Cn3ccc4cc(-c5cn[nH]c5)ncc43)CC2(C)C)c1. The lowest BCUT2D eigenvalue weighted by Gasteiger charge is -2.31. The zero-order valence-electron chi connectivity index (χ0n) is 18.6. The van der Waals surface area contributed by atoms with Crippen molar-refractivity contribution in [1.29, 1.82) is 0 Å². The minimum absolute atomic E-state index is 0.0557. The smallest absolute Gasteiger partial charge is 0.254 e. The van der Waals surface area contributed by atoms with E-state index in [0.717, 1.165) is 41.7 Å². The van der Waals surface area contributed by atoms with Gasteiger partial charge in [-0.15, -0.1) is 0 Å². The summed E-state index contributed by atoms with van der Waals surface area (Å²) in [6.45, 7) is 5.87.